The van der Waals surface area contributed by atoms with Crippen LogP contribution in [0.1, 0.15) is 57.1 Å². The minimum atomic E-state index is -0.284. The van der Waals surface area contributed by atoms with Crippen LogP contribution >= 0.6 is 11.6 Å². The van der Waals surface area contributed by atoms with Gasteiger partial charge in [0.2, 0.25) is 11.8 Å². The molecule has 7 heteroatoms. The van der Waals surface area contributed by atoms with Crippen LogP contribution in [0, 0.1) is 0 Å². The Bertz CT molecular complexity index is 1010. The van der Waals surface area contributed by atoms with Crippen LogP contribution in [0.15, 0.2) is 60.7 Å². The van der Waals surface area contributed by atoms with Gasteiger partial charge < -0.3 is 20.9 Å². The molecule has 3 rings (SSSR count). The third kappa shape index (κ3) is 9.62. The maximum absolute atomic E-state index is 13.6. The van der Waals surface area contributed by atoms with E-state index in [1.165, 1.54) is 11.6 Å². The van der Waals surface area contributed by atoms with Crippen LogP contribution in [-0.4, -0.2) is 61.0 Å². The van der Waals surface area contributed by atoms with Crippen molar-refractivity contribution in [3.05, 3.63) is 76.8 Å². The zero-order valence-electron chi connectivity index (χ0n) is 22.3. The molecule has 37 heavy (non-hydrogen) atoms. The summed E-state index contributed by atoms with van der Waals surface area (Å²) in [5.74, 6) is 0.294. The number of rotatable bonds is 12. The summed E-state index contributed by atoms with van der Waals surface area (Å²) in [4.78, 5) is 28.1. The highest BCUT2D eigenvalue weighted by Crippen LogP contribution is 2.22. The van der Waals surface area contributed by atoms with Gasteiger partial charge in [-0.05, 0) is 55.1 Å². The van der Waals surface area contributed by atoms with Crippen LogP contribution in [0.5, 0.6) is 0 Å². The van der Waals surface area contributed by atoms with Gasteiger partial charge in [-0.25, -0.2) is 0 Å². The second-order valence-electron chi connectivity index (χ2n) is 10.0. The van der Waals surface area contributed by atoms with E-state index < -0.39 is 0 Å². The SMILES string of the molecule is CC[C@H](CN1CC[C@@H](CNC(=O)C=Cc2ccc(Cl)cc2)N[C@@H](CCNC(C)C)C1=O)c1ccccc1. The zero-order chi connectivity index (χ0) is 26.6. The third-order valence-corrected chi connectivity index (χ3v) is 7.06. The molecule has 6 nitrogen and oxygen atoms in total. The molecule has 0 radical (unpaired) electrons. The molecule has 0 unspecified atom stereocenters. The fourth-order valence-electron chi connectivity index (χ4n) is 4.64. The van der Waals surface area contributed by atoms with E-state index in [1.807, 2.05) is 23.1 Å². The summed E-state index contributed by atoms with van der Waals surface area (Å²) in [6.45, 7) is 9.00. The zero-order valence-corrected chi connectivity index (χ0v) is 23.0. The van der Waals surface area contributed by atoms with E-state index in [1.54, 1.807) is 18.2 Å². The lowest BCUT2D eigenvalue weighted by Gasteiger charge is -2.28. The monoisotopic (exact) mass is 524 g/mol. The van der Waals surface area contributed by atoms with Crippen LogP contribution in [0.3, 0.4) is 0 Å². The molecule has 2 aromatic rings. The number of benzene rings is 2. The lowest BCUT2D eigenvalue weighted by atomic mass is 9.95. The number of hydrogen-bond acceptors (Lipinski definition) is 4. The largest absolute Gasteiger partial charge is 0.351 e. The summed E-state index contributed by atoms with van der Waals surface area (Å²) in [5.41, 5.74) is 2.18. The van der Waals surface area contributed by atoms with Crippen molar-refractivity contribution in [1.29, 1.82) is 0 Å². The lowest BCUT2D eigenvalue weighted by Crippen LogP contribution is -2.50. The van der Waals surface area contributed by atoms with Crippen molar-refractivity contribution in [1.82, 2.24) is 20.9 Å². The second kappa shape index (κ2) is 14.9. The van der Waals surface area contributed by atoms with Crippen molar-refractivity contribution in [2.24, 2.45) is 0 Å². The Labute approximate surface area is 226 Å². The van der Waals surface area contributed by atoms with Gasteiger partial charge in [-0.2, -0.15) is 0 Å². The number of amides is 2. The lowest BCUT2D eigenvalue weighted by molar-refractivity contribution is -0.133. The first-order valence-electron chi connectivity index (χ1n) is 13.4. The minimum Gasteiger partial charge on any atom is -0.351 e. The average Bonchev–Trinajstić information content (AvgIpc) is 3.04. The molecule has 200 valence electrons. The Balaban J connectivity index is 1.63. The Morgan fingerprint density at radius 2 is 1.89 bits per heavy atom. The van der Waals surface area contributed by atoms with Crippen molar-refractivity contribution in [2.75, 3.05) is 26.2 Å². The molecule has 1 aliphatic rings. The molecule has 0 saturated carbocycles. The predicted molar refractivity (Wildman–Crippen MR) is 153 cm³/mol. The van der Waals surface area contributed by atoms with Gasteiger partial charge in [0.1, 0.15) is 0 Å². The number of nitrogens with zero attached hydrogens (tertiary/aromatic N) is 1. The summed E-state index contributed by atoms with van der Waals surface area (Å²) in [6.07, 6.45) is 5.77. The molecule has 0 bridgehead atoms. The molecular formula is C30H41ClN4O2. The van der Waals surface area contributed by atoms with Gasteiger partial charge in [-0.15, -0.1) is 0 Å². The molecule has 2 amide bonds. The van der Waals surface area contributed by atoms with E-state index in [4.69, 9.17) is 11.6 Å². The molecule has 1 heterocycles. The Kier molecular flexibility index (Phi) is 11.6. The van der Waals surface area contributed by atoms with Crippen molar-refractivity contribution in [2.45, 2.75) is 64.1 Å². The second-order valence-corrected chi connectivity index (χ2v) is 10.5. The van der Waals surface area contributed by atoms with Crippen LogP contribution in [0.2, 0.25) is 5.02 Å². The minimum absolute atomic E-state index is 0.0164. The Morgan fingerprint density at radius 1 is 1.16 bits per heavy atom. The first-order chi connectivity index (χ1) is 17.9. The van der Waals surface area contributed by atoms with Gasteiger partial charge in [0, 0.05) is 48.7 Å². The van der Waals surface area contributed by atoms with Crippen molar-refractivity contribution in [3.8, 4) is 0 Å². The van der Waals surface area contributed by atoms with E-state index in [-0.39, 0.29) is 23.9 Å². The molecular weight excluding hydrogens is 484 g/mol. The normalized spacial score (nSPS) is 19.3. The molecule has 3 atom stereocenters. The van der Waals surface area contributed by atoms with Crippen molar-refractivity contribution >= 4 is 29.5 Å². The van der Waals surface area contributed by atoms with Gasteiger partial charge in [0.05, 0.1) is 6.04 Å². The van der Waals surface area contributed by atoms with E-state index in [2.05, 4.69) is 61.0 Å². The molecule has 0 spiro atoms. The van der Waals surface area contributed by atoms with Gasteiger partial charge >= 0.3 is 0 Å². The molecule has 0 aliphatic carbocycles. The van der Waals surface area contributed by atoms with Crippen LogP contribution in [0.4, 0.5) is 0 Å². The molecule has 1 fully saturated rings. The third-order valence-electron chi connectivity index (χ3n) is 6.80. The standard InChI is InChI=1S/C30H41ClN4O2/c1-4-24(25-8-6-5-7-9-25)21-35-19-17-27(34-28(30(35)37)16-18-32-22(2)3)20-33-29(36)15-12-23-10-13-26(31)14-11-23/h5-15,22,24,27-28,32,34H,4,16-21H2,1-3H3,(H,33,36)/t24-,27+,28+/m1/s1. The summed E-state index contributed by atoms with van der Waals surface area (Å²) in [5, 5.41) is 10.6. The van der Waals surface area contributed by atoms with Gasteiger partial charge in [-0.1, -0.05) is 74.8 Å². The topological polar surface area (TPSA) is 73.5 Å². The van der Waals surface area contributed by atoms with E-state index in [0.29, 0.717) is 43.0 Å². The molecule has 3 N–H and O–H groups in total. The van der Waals surface area contributed by atoms with E-state index in [9.17, 15) is 9.59 Å². The average molecular weight is 525 g/mol. The first-order valence-corrected chi connectivity index (χ1v) is 13.8. The van der Waals surface area contributed by atoms with E-state index in [0.717, 1.165) is 24.9 Å². The number of carbonyl (C=O) groups excluding carboxylic acids is 2. The smallest absolute Gasteiger partial charge is 0.244 e. The van der Waals surface area contributed by atoms with Crippen LogP contribution < -0.4 is 16.0 Å². The van der Waals surface area contributed by atoms with Crippen molar-refractivity contribution in [3.63, 3.8) is 0 Å². The summed E-state index contributed by atoms with van der Waals surface area (Å²) in [6, 6.07) is 17.9. The fourth-order valence-corrected chi connectivity index (χ4v) is 4.76. The van der Waals surface area contributed by atoms with Crippen molar-refractivity contribution < 1.29 is 9.59 Å². The van der Waals surface area contributed by atoms with E-state index >= 15 is 0 Å². The molecule has 0 aromatic heterocycles. The maximum atomic E-state index is 13.6. The highest BCUT2D eigenvalue weighted by atomic mass is 35.5. The molecule has 2 aromatic carbocycles. The number of halogens is 1. The molecule has 1 aliphatic heterocycles. The van der Waals surface area contributed by atoms with Gasteiger partial charge in [-0.3, -0.25) is 9.59 Å². The molecule has 1 saturated heterocycles. The fraction of sp³-hybridized carbons (Fsp3) is 0.467. The van der Waals surface area contributed by atoms with Crippen LogP contribution in [-0.2, 0) is 9.59 Å². The Hall–Kier alpha value is -2.67. The number of nitrogens with one attached hydrogen (secondary N) is 3. The predicted octanol–water partition coefficient (Wildman–Crippen LogP) is 4.61. The first kappa shape index (κ1) is 28.9. The number of carbonyl (C=O) groups is 2. The maximum Gasteiger partial charge on any atom is 0.244 e. The van der Waals surface area contributed by atoms with Crippen LogP contribution in [0.25, 0.3) is 6.08 Å². The quantitative estimate of drug-likeness (QED) is 0.354. The summed E-state index contributed by atoms with van der Waals surface area (Å²) in [7, 11) is 0. The highest BCUT2D eigenvalue weighted by molar-refractivity contribution is 6.30. The highest BCUT2D eigenvalue weighted by Gasteiger charge is 2.31. The summed E-state index contributed by atoms with van der Waals surface area (Å²) >= 11 is 5.93. The van der Waals surface area contributed by atoms with Gasteiger partial charge in [0.25, 0.3) is 0 Å². The Morgan fingerprint density at radius 3 is 2.57 bits per heavy atom. The summed E-state index contributed by atoms with van der Waals surface area (Å²) < 4.78 is 0. The number of hydrogen-bond donors (Lipinski definition) is 3. The van der Waals surface area contributed by atoms with Gasteiger partial charge in [0.15, 0.2) is 0 Å².